The number of aromatic amines is 1. The number of unbranched alkanes of at least 4 members (excludes halogenated alkanes) is 1. The third-order valence-corrected chi connectivity index (χ3v) is 2.01. The van der Waals surface area contributed by atoms with Gasteiger partial charge in [-0.15, -0.1) is 0 Å². The predicted molar refractivity (Wildman–Crippen MR) is 57.6 cm³/mol. The molecular formula is C11H13NO4. The molecule has 0 aliphatic rings. The van der Waals surface area contributed by atoms with Crippen LogP contribution in [0.5, 0.6) is 0 Å². The minimum Gasteiger partial charge on any atom is -0.462 e. The molecule has 1 heterocycles. The molecule has 0 bridgehead atoms. The molecule has 5 heteroatoms. The lowest BCUT2D eigenvalue weighted by molar-refractivity contribution is 0.0497. The molecule has 16 heavy (non-hydrogen) atoms. The number of aldehydes is 1. The minimum absolute atomic E-state index is 0.0818. The molecule has 0 aliphatic heterocycles. The largest absolute Gasteiger partial charge is 0.462 e. The number of hydrogen-bond donors (Lipinski definition) is 1. The Bertz CT molecular complexity index is 436. The normalized spacial score (nSPS) is 9.81. The molecule has 1 rings (SSSR count). The summed E-state index contributed by atoms with van der Waals surface area (Å²) in [4.78, 5) is 35.4. The van der Waals surface area contributed by atoms with Gasteiger partial charge in [0.15, 0.2) is 6.29 Å². The van der Waals surface area contributed by atoms with E-state index in [9.17, 15) is 14.4 Å². The molecule has 0 atom stereocenters. The number of esters is 1. The number of carbonyl (C=O) groups excluding carboxylic acids is 2. The van der Waals surface area contributed by atoms with Crippen LogP contribution in [-0.4, -0.2) is 23.8 Å². The molecule has 0 saturated heterocycles. The summed E-state index contributed by atoms with van der Waals surface area (Å²) in [5, 5.41) is 0. The van der Waals surface area contributed by atoms with Gasteiger partial charge in [-0.3, -0.25) is 9.59 Å². The van der Waals surface area contributed by atoms with E-state index in [-0.39, 0.29) is 11.3 Å². The first kappa shape index (κ1) is 12.2. The summed E-state index contributed by atoms with van der Waals surface area (Å²) in [6.45, 7) is 2.27. The van der Waals surface area contributed by atoms with Crippen LogP contribution in [0.1, 0.15) is 40.6 Å². The predicted octanol–water partition coefficient (Wildman–Crippen LogP) is 1.14. The molecule has 1 aromatic heterocycles. The van der Waals surface area contributed by atoms with Gasteiger partial charge in [-0.2, -0.15) is 0 Å². The fourth-order valence-electron chi connectivity index (χ4n) is 1.11. The Morgan fingerprint density at radius 1 is 1.50 bits per heavy atom. The number of carbonyl (C=O) groups is 2. The van der Waals surface area contributed by atoms with Crippen LogP contribution in [0.4, 0.5) is 0 Å². The Labute approximate surface area is 92.4 Å². The van der Waals surface area contributed by atoms with Crippen molar-refractivity contribution in [2.75, 3.05) is 6.61 Å². The van der Waals surface area contributed by atoms with Crippen molar-refractivity contribution < 1.29 is 14.3 Å². The molecule has 0 aliphatic carbocycles. The third kappa shape index (κ3) is 3.05. The minimum atomic E-state index is -0.660. The first-order chi connectivity index (χ1) is 7.69. The summed E-state index contributed by atoms with van der Waals surface area (Å²) in [5.41, 5.74) is -0.553. The Balaban J connectivity index is 2.76. The Hall–Kier alpha value is -1.91. The number of hydrogen-bond acceptors (Lipinski definition) is 4. The zero-order valence-corrected chi connectivity index (χ0v) is 8.99. The number of pyridine rings is 1. The molecular weight excluding hydrogens is 210 g/mol. The molecule has 0 unspecified atom stereocenters. The van der Waals surface area contributed by atoms with Gasteiger partial charge in [-0.05, 0) is 18.6 Å². The van der Waals surface area contributed by atoms with E-state index >= 15 is 0 Å². The summed E-state index contributed by atoms with van der Waals surface area (Å²) in [7, 11) is 0. The number of ether oxygens (including phenoxy) is 1. The van der Waals surface area contributed by atoms with E-state index in [4.69, 9.17) is 4.74 Å². The van der Waals surface area contributed by atoms with Gasteiger partial charge in [0.1, 0.15) is 5.56 Å². The maximum absolute atomic E-state index is 11.4. The van der Waals surface area contributed by atoms with Gasteiger partial charge in [0.25, 0.3) is 5.56 Å². The van der Waals surface area contributed by atoms with Crippen molar-refractivity contribution in [2.45, 2.75) is 19.8 Å². The van der Waals surface area contributed by atoms with Crippen LogP contribution in [0.15, 0.2) is 16.9 Å². The SMILES string of the molecule is CCCCOC(=O)c1ccc(C=O)[nH]c1=O. The molecule has 5 nitrogen and oxygen atoms in total. The highest BCUT2D eigenvalue weighted by Gasteiger charge is 2.11. The Kier molecular flexibility index (Phi) is 4.44. The Morgan fingerprint density at radius 2 is 2.25 bits per heavy atom. The van der Waals surface area contributed by atoms with Gasteiger partial charge >= 0.3 is 5.97 Å². The van der Waals surface area contributed by atoms with Gasteiger partial charge in [0.2, 0.25) is 0 Å². The van der Waals surface area contributed by atoms with Crippen LogP contribution in [0.3, 0.4) is 0 Å². The number of H-pyrrole nitrogens is 1. The Morgan fingerprint density at radius 3 is 2.81 bits per heavy atom. The first-order valence-corrected chi connectivity index (χ1v) is 5.04. The molecule has 0 spiro atoms. The topological polar surface area (TPSA) is 76.2 Å². The van der Waals surface area contributed by atoms with Crippen LogP contribution >= 0.6 is 0 Å². The highest BCUT2D eigenvalue weighted by molar-refractivity contribution is 5.89. The van der Waals surface area contributed by atoms with Gasteiger partial charge < -0.3 is 9.72 Å². The lowest BCUT2D eigenvalue weighted by atomic mass is 10.2. The standard InChI is InChI=1S/C11H13NO4/c1-2-3-6-16-11(15)9-5-4-8(7-13)12-10(9)14/h4-5,7H,2-3,6H2,1H3,(H,12,14). The summed E-state index contributed by atoms with van der Waals surface area (Å²) >= 11 is 0. The van der Waals surface area contributed by atoms with Crippen LogP contribution in [0.25, 0.3) is 0 Å². The number of nitrogens with one attached hydrogen (secondary N) is 1. The molecule has 0 fully saturated rings. The van der Waals surface area contributed by atoms with Gasteiger partial charge in [0, 0.05) is 0 Å². The average Bonchev–Trinajstić information content (AvgIpc) is 2.29. The molecule has 86 valence electrons. The number of aromatic nitrogens is 1. The van der Waals surface area contributed by atoms with Crippen molar-refractivity contribution in [3.05, 3.63) is 33.7 Å². The summed E-state index contributed by atoms with van der Waals surface area (Å²) < 4.78 is 4.88. The van der Waals surface area contributed by atoms with Crippen molar-refractivity contribution in [3.8, 4) is 0 Å². The summed E-state index contributed by atoms with van der Waals surface area (Å²) in [5.74, 6) is -0.660. The van der Waals surface area contributed by atoms with Crippen LogP contribution in [-0.2, 0) is 4.74 Å². The molecule has 0 aromatic carbocycles. The second kappa shape index (κ2) is 5.85. The van der Waals surface area contributed by atoms with Crippen molar-refractivity contribution in [1.29, 1.82) is 0 Å². The molecule has 1 N–H and O–H groups in total. The van der Waals surface area contributed by atoms with E-state index in [0.717, 1.165) is 12.8 Å². The van der Waals surface area contributed by atoms with Crippen LogP contribution < -0.4 is 5.56 Å². The summed E-state index contributed by atoms with van der Waals surface area (Å²) in [6.07, 6.45) is 2.18. The van der Waals surface area contributed by atoms with E-state index in [2.05, 4.69) is 4.98 Å². The highest BCUT2D eigenvalue weighted by atomic mass is 16.5. The molecule has 1 aromatic rings. The molecule has 0 saturated carbocycles. The maximum atomic E-state index is 11.4. The van der Waals surface area contributed by atoms with Gasteiger partial charge in [-0.25, -0.2) is 4.79 Å². The lowest BCUT2D eigenvalue weighted by Crippen LogP contribution is -2.20. The smallest absolute Gasteiger partial charge is 0.343 e. The fraction of sp³-hybridized carbons (Fsp3) is 0.364. The molecule has 0 amide bonds. The average molecular weight is 223 g/mol. The second-order valence-corrected chi connectivity index (χ2v) is 3.26. The third-order valence-electron chi connectivity index (χ3n) is 2.01. The quantitative estimate of drug-likeness (QED) is 0.461. The van der Waals surface area contributed by atoms with Crippen molar-refractivity contribution in [1.82, 2.24) is 4.98 Å². The first-order valence-electron chi connectivity index (χ1n) is 5.04. The van der Waals surface area contributed by atoms with Gasteiger partial charge in [0.05, 0.1) is 12.3 Å². The summed E-state index contributed by atoms with van der Waals surface area (Å²) in [6, 6.07) is 2.65. The van der Waals surface area contributed by atoms with Crippen LogP contribution in [0, 0.1) is 0 Å². The van der Waals surface area contributed by atoms with E-state index in [1.807, 2.05) is 6.92 Å². The fourth-order valence-corrected chi connectivity index (χ4v) is 1.11. The number of rotatable bonds is 5. The molecule has 0 radical (unpaired) electrons. The monoisotopic (exact) mass is 223 g/mol. The van der Waals surface area contributed by atoms with Crippen LogP contribution in [0.2, 0.25) is 0 Å². The van der Waals surface area contributed by atoms with Crippen molar-refractivity contribution in [2.24, 2.45) is 0 Å². The van der Waals surface area contributed by atoms with Crippen molar-refractivity contribution in [3.63, 3.8) is 0 Å². The highest BCUT2D eigenvalue weighted by Crippen LogP contribution is 1.98. The van der Waals surface area contributed by atoms with E-state index in [1.165, 1.54) is 12.1 Å². The maximum Gasteiger partial charge on any atom is 0.343 e. The van der Waals surface area contributed by atoms with Gasteiger partial charge in [-0.1, -0.05) is 13.3 Å². The zero-order chi connectivity index (χ0) is 12.0. The van der Waals surface area contributed by atoms with E-state index in [1.54, 1.807) is 0 Å². The van der Waals surface area contributed by atoms with E-state index < -0.39 is 11.5 Å². The second-order valence-electron chi connectivity index (χ2n) is 3.26. The lowest BCUT2D eigenvalue weighted by Gasteiger charge is -2.02. The van der Waals surface area contributed by atoms with E-state index in [0.29, 0.717) is 12.9 Å². The zero-order valence-electron chi connectivity index (χ0n) is 8.99. The van der Waals surface area contributed by atoms with Crippen molar-refractivity contribution >= 4 is 12.3 Å².